The molecule has 31 heavy (non-hydrogen) atoms. The second kappa shape index (κ2) is 7.83. The van der Waals surface area contributed by atoms with Crippen LogP contribution in [0.3, 0.4) is 0 Å². The third-order valence-electron chi connectivity index (χ3n) is 6.41. The maximum absolute atomic E-state index is 13.0. The maximum Gasteiger partial charge on any atom is 0.292 e. The van der Waals surface area contributed by atoms with Crippen molar-refractivity contribution in [2.75, 3.05) is 31.1 Å². The van der Waals surface area contributed by atoms with Gasteiger partial charge in [-0.05, 0) is 57.7 Å². The number of piperazine rings is 1. The van der Waals surface area contributed by atoms with E-state index >= 15 is 0 Å². The van der Waals surface area contributed by atoms with Gasteiger partial charge in [0.15, 0.2) is 0 Å². The van der Waals surface area contributed by atoms with Gasteiger partial charge in [0.05, 0.1) is 22.9 Å². The van der Waals surface area contributed by atoms with E-state index in [0.29, 0.717) is 29.8 Å². The standard InChI is InChI=1S/C23H27N5O3/c1-15(2)28-14-24-20-13-16(7-8-18(20)22(28)29)26-9-11-27(12-10-26)23(30)21-17-5-3-4-6-19(17)25-31-21/h7-8,13-15H,3-6,9-12H2,1-2H3. The summed E-state index contributed by atoms with van der Waals surface area (Å²) < 4.78 is 7.08. The highest BCUT2D eigenvalue weighted by molar-refractivity contribution is 5.93. The molecule has 5 rings (SSSR count). The molecule has 8 nitrogen and oxygen atoms in total. The van der Waals surface area contributed by atoms with Crippen molar-refractivity contribution in [3.63, 3.8) is 0 Å². The number of anilines is 1. The molecule has 0 saturated carbocycles. The smallest absolute Gasteiger partial charge is 0.292 e. The second-order valence-electron chi connectivity index (χ2n) is 8.68. The predicted molar refractivity (Wildman–Crippen MR) is 118 cm³/mol. The van der Waals surface area contributed by atoms with Crippen molar-refractivity contribution in [1.29, 1.82) is 0 Å². The minimum Gasteiger partial charge on any atom is -0.368 e. The number of aromatic nitrogens is 3. The van der Waals surface area contributed by atoms with Crippen LogP contribution in [0.2, 0.25) is 0 Å². The predicted octanol–water partition coefficient (Wildman–Crippen LogP) is 2.81. The summed E-state index contributed by atoms with van der Waals surface area (Å²) in [5.74, 6) is 0.379. The third kappa shape index (κ3) is 3.49. The van der Waals surface area contributed by atoms with Crippen molar-refractivity contribution in [3.05, 3.63) is 51.9 Å². The number of hydrogen-bond donors (Lipinski definition) is 0. The van der Waals surface area contributed by atoms with Crippen molar-refractivity contribution in [3.8, 4) is 0 Å². The molecule has 0 bridgehead atoms. The van der Waals surface area contributed by atoms with Gasteiger partial charge in [0.2, 0.25) is 5.76 Å². The molecule has 3 heterocycles. The van der Waals surface area contributed by atoms with Crippen molar-refractivity contribution in [2.24, 2.45) is 0 Å². The van der Waals surface area contributed by atoms with Crippen molar-refractivity contribution in [1.82, 2.24) is 19.6 Å². The molecule has 162 valence electrons. The SMILES string of the molecule is CC(C)n1cnc2cc(N3CCN(C(=O)c4onc5c4CCCC5)CC3)ccc2c1=O. The highest BCUT2D eigenvalue weighted by atomic mass is 16.5. The quantitative estimate of drug-likeness (QED) is 0.647. The Bertz CT molecular complexity index is 1190. The van der Waals surface area contributed by atoms with Crippen LogP contribution in [0.15, 0.2) is 33.8 Å². The number of carbonyl (C=O) groups is 1. The normalized spacial score (nSPS) is 16.7. The molecule has 1 fully saturated rings. The van der Waals surface area contributed by atoms with Gasteiger partial charge in [0, 0.05) is 43.5 Å². The first-order chi connectivity index (χ1) is 15.0. The molecular formula is C23H27N5O3. The zero-order valence-corrected chi connectivity index (χ0v) is 18.0. The maximum atomic E-state index is 13.0. The van der Waals surface area contributed by atoms with Gasteiger partial charge >= 0.3 is 0 Å². The number of hydrogen-bond acceptors (Lipinski definition) is 6. The first kappa shape index (κ1) is 19.8. The van der Waals surface area contributed by atoms with Gasteiger partial charge in [-0.1, -0.05) is 5.16 Å². The van der Waals surface area contributed by atoms with Crippen molar-refractivity contribution in [2.45, 2.75) is 45.6 Å². The topological polar surface area (TPSA) is 84.5 Å². The summed E-state index contributed by atoms with van der Waals surface area (Å²) >= 11 is 0. The lowest BCUT2D eigenvalue weighted by Crippen LogP contribution is -2.49. The van der Waals surface area contributed by atoms with Crippen molar-refractivity contribution >= 4 is 22.5 Å². The van der Waals surface area contributed by atoms with E-state index in [0.717, 1.165) is 55.7 Å². The molecule has 2 aliphatic rings. The van der Waals surface area contributed by atoms with Crippen molar-refractivity contribution < 1.29 is 9.32 Å². The molecule has 1 aromatic carbocycles. The molecule has 1 aliphatic carbocycles. The van der Waals surface area contributed by atoms with E-state index in [1.807, 2.05) is 36.9 Å². The van der Waals surface area contributed by atoms with Crippen LogP contribution >= 0.6 is 0 Å². The van der Waals surface area contributed by atoms with Gasteiger partial charge in [-0.25, -0.2) is 4.98 Å². The fourth-order valence-electron chi connectivity index (χ4n) is 4.56. The fourth-order valence-corrected chi connectivity index (χ4v) is 4.56. The first-order valence-electron chi connectivity index (χ1n) is 11.1. The van der Waals surface area contributed by atoms with E-state index in [1.165, 1.54) is 0 Å². The Morgan fingerprint density at radius 3 is 2.65 bits per heavy atom. The molecule has 0 atom stereocenters. The highest BCUT2D eigenvalue weighted by Gasteiger charge is 2.30. The van der Waals surface area contributed by atoms with Crippen LogP contribution in [0.5, 0.6) is 0 Å². The molecule has 1 aliphatic heterocycles. The van der Waals surface area contributed by atoms with E-state index in [2.05, 4.69) is 15.0 Å². The molecule has 0 N–H and O–H groups in total. The number of carbonyl (C=O) groups excluding carboxylic acids is 1. The third-order valence-corrected chi connectivity index (χ3v) is 6.41. The van der Waals surface area contributed by atoms with Crippen LogP contribution in [0, 0.1) is 0 Å². The second-order valence-corrected chi connectivity index (χ2v) is 8.68. The lowest BCUT2D eigenvalue weighted by molar-refractivity contribution is 0.0703. The van der Waals surface area contributed by atoms with Crippen LogP contribution in [0.4, 0.5) is 5.69 Å². The van der Waals surface area contributed by atoms with Gasteiger partial charge in [0.25, 0.3) is 11.5 Å². The summed E-state index contributed by atoms with van der Waals surface area (Å²) in [6.45, 7) is 6.62. The van der Waals surface area contributed by atoms with Gasteiger partial charge < -0.3 is 14.3 Å². The Morgan fingerprint density at radius 2 is 1.87 bits per heavy atom. The Balaban J connectivity index is 1.31. The lowest BCUT2D eigenvalue weighted by Gasteiger charge is -2.35. The average molecular weight is 422 g/mol. The molecule has 0 spiro atoms. The van der Waals surface area contributed by atoms with Gasteiger partial charge in [0.1, 0.15) is 0 Å². The van der Waals surface area contributed by atoms with E-state index in [9.17, 15) is 9.59 Å². The monoisotopic (exact) mass is 421 g/mol. The Hall–Kier alpha value is -3.16. The lowest BCUT2D eigenvalue weighted by atomic mass is 9.96. The van der Waals surface area contributed by atoms with Crippen LogP contribution in [0.25, 0.3) is 10.9 Å². The summed E-state index contributed by atoms with van der Waals surface area (Å²) in [7, 11) is 0. The Kier molecular flexibility index (Phi) is 5.00. The molecule has 1 amide bonds. The molecule has 8 heteroatoms. The summed E-state index contributed by atoms with van der Waals surface area (Å²) in [6, 6.07) is 5.87. The largest absolute Gasteiger partial charge is 0.368 e. The van der Waals surface area contributed by atoms with E-state index in [4.69, 9.17) is 4.52 Å². The number of fused-ring (bicyclic) bond motifs is 2. The number of amides is 1. The summed E-state index contributed by atoms with van der Waals surface area (Å²) in [6.07, 6.45) is 5.59. The van der Waals surface area contributed by atoms with Crippen LogP contribution in [-0.4, -0.2) is 51.7 Å². The highest BCUT2D eigenvalue weighted by Crippen LogP contribution is 2.26. The molecule has 3 aromatic rings. The zero-order chi connectivity index (χ0) is 21.5. The van der Waals surface area contributed by atoms with Crippen LogP contribution in [-0.2, 0) is 12.8 Å². The molecular weight excluding hydrogens is 394 g/mol. The number of nitrogens with zero attached hydrogens (tertiary/aromatic N) is 5. The first-order valence-corrected chi connectivity index (χ1v) is 11.1. The molecule has 2 aromatic heterocycles. The minimum absolute atomic E-state index is 0.0163. The minimum atomic E-state index is -0.0512. The fraction of sp³-hybridized carbons (Fsp3) is 0.478. The van der Waals surface area contributed by atoms with E-state index in [1.54, 1.807) is 10.9 Å². The van der Waals surface area contributed by atoms with Crippen LogP contribution < -0.4 is 10.5 Å². The molecule has 0 unspecified atom stereocenters. The number of aryl methyl sites for hydroxylation is 1. The molecule has 0 radical (unpaired) electrons. The Morgan fingerprint density at radius 1 is 1.10 bits per heavy atom. The zero-order valence-electron chi connectivity index (χ0n) is 18.0. The van der Waals surface area contributed by atoms with E-state index in [-0.39, 0.29) is 17.5 Å². The van der Waals surface area contributed by atoms with Gasteiger partial charge in [-0.2, -0.15) is 0 Å². The summed E-state index contributed by atoms with van der Waals surface area (Å²) in [5, 5.41) is 4.75. The van der Waals surface area contributed by atoms with Gasteiger partial charge in [-0.15, -0.1) is 0 Å². The van der Waals surface area contributed by atoms with E-state index < -0.39 is 0 Å². The average Bonchev–Trinajstić information content (AvgIpc) is 3.22. The summed E-state index contributed by atoms with van der Waals surface area (Å²) in [4.78, 5) is 34.2. The van der Waals surface area contributed by atoms with Crippen LogP contribution in [0.1, 0.15) is 54.5 Å². The summed E-state index contributed by atoms with van der Waals surface area (Å²) in [5.41, 5.74) is 3.66. The van der Waals surface area contributed by atoms with Gasteiger partial charge in [-0.3, -0.25) is 14.2 Å². The molecule has 1 saturated heterocycles. The number of benzene rings is 1. The Labute approximate surface area is 180 Å². The number of rotatable bonds is 3.